The van der Waals surface area contributed by atoms with Crippen LogP contribution in [0.25, 0.3) is 0 Å². The highest BCUT2D eigenvalue weighted by Gasteiger charge is 2.10. The average molecular weight is 199 g/mol. The van der Waals surface area contributed by atoms with Gasteiger partial charge in [0.25, 0.3) is 0 Å². The van der Waals surface area contributed by atoms with Crippen molar-refractivity contribution in [1.29, 1.82) is 0 Å². The highest BCUT2D eigenvalue weighted by molar-refractivity contribution is 7.11. The Balaban J connectivity index is 2.62. The molecular weight excluding hydrogens is 182 g/mol. The quantitative estimate of drug-likeness (QED) is 0.807. The van der Waals surface area contributed by atoms with Gasteiger partial charge in [0.05, 0.1) is 10.7 Å². The number of aliphatic hydroxyl groups is 1. The van der Waals surface area contributed by atoms with E-state index in [1.165, 1.54) is 4.88 Å². The zero-order valence-corrected chi connectivity index (χ0v) is 9.32. The molecule has 1 N–H and O–H groups in total. The van der Waals surface area contributed by atoms with Crippen LogP contribution in [0.3, 0.4) is 0 Å². The lowest BCUT2D eigenvalue weighted by Gasteiger charge is -2.07. The molecule has 0 amide bonds. The molecule has 3 heteroatoms. The van der Waals surface area contributed by atoms with Gasteiger partial charge in [-0.25, -0.2) is 4.98 Å². The predicted molar refractivity (Wildman–Crippen MR) is 56.2 cm³/mol. The summed E-state index contributed by atoms with van der Waals surface area (Å²) in [5.41, 5.74) is 1.13. The summed E-state index contributed by atoms with van der Waals surface area (Å²) < 4.78 is 0. The van der Waals surface area contributed by atoms with E-state index < -0.39 is 0 Å². The molecule has 1 aromatic heterocycles. The highest BCUT2D eigenvalue weighted by atomic mass is 32.1. The molecule has 0 saturated carbocycles. The molecule has 0 aliphatic heterocycles. The van der Waals surface area contributed by atoms with Gasteiger partial charge in [0.2, 0.25) is 0 Å². The van der Waals surface area contributed by atoms with Crippen LogP contribution in [0, 0.1) is 19.8 Å². The number of hydrogen-bond acceptors (Lipinski definition) is 3. The lowest BCUT2D eigenvalue weighted by Crippen LogP contribution is -2.07. The Morgan fingerprint density at radius 3 is 2.54 bits per heavy atom. The Labute approximate surface area is 83.6 Å². The molecule has 0 saturated heterocycles. The van der Waals surface area contributed by atoms with Gasteiger partial charge in [0.1, 0.15) is 0 Å². The molecule has 0 fully saturated rings. The van der Waals surface area contributed by atoms with Crippen molar-refractivity contribution in [2.45, 2.75) is 33.6 Å². The van der Waals surface area contributed by atoms with E-state index in [0.717, 1.165) is 23.5 Å². The Bertz CT molecular complexity index is 246. The van der Waals surface area contributed by atoms with Crippen molar-refractivity contribution in [3.63, 3.8) is 0 Å². The summed E-state index contributed by atoms with van der Waals surface area (Å²) in [5, 5.41) is 10.2. The van der Waals surface area contributed by atoms with E-state index >= 15 is 0 Å². The standard InChI is InChI=1S/C10H17NOS/c1-4-9(6-12)5-10-11-7(2)8(3)13-10/h9,12H,4-6H2,1-3H3. The summed E-state index contributed by atoms with van der Waals surface area (Å²) in [6.45, 7) is 6.51. The maximum atomic E-state index is 9.04. The van der Waals surface area contributed by atoms with Gasteiger partial charge in [-0.05, 0) is 19.8 Å². The summed E-state index contributed by atoms with van der Waals surface area (Å²) in [5.74, 6) is 0.380. The minimum atomic E-state index is 0.272. The van der Waals surface area contributed by atoms with Gasteiger partial charge in [-0.1, -0.05) is 13.3 Å². The third-order valence-corrected chi connectivity index (χ3v) is 3.47. The largest absolute Gasteiger partial charge is 0.396 e. The Morgan fingerprint density at radius 1 is 1.46 bits per heavy atom. The molecule has 1 aromatic rings. The lowest BCUT2D eigenvalue weighted by atomic mass is 10.0. The molecule has 0 bridgehead atoms. The van der Waals surface area contributed by atoms with Crippen molar-refractivity contribution in [2.75, 3.05) is 6.61 Å². The van der Waals surface area contributed by atoms with Crippen molar-refractivity contribution >= 4 is 11.3 Å². The fraction of sp³-hybridized carbons (Fsp3) is 0.700. The molecule has 0 aliphatic carbocycles. The second-order valence-corrected chi connectivity index (χ2v) is 4.70. The lowest BCUT2D eigenvalue weighted by molar-refractivity contribution is 0.222. The number of aryl methyl sites for hydroxylation is 2. The summed E-state index contributed by atoms with van der Waals surface area (Å²) >= 11 is 1.75. The van der Waals surface area contributed by atoms with Gasteiger partial charge in [-0.15, -0.1) is 11.3 Å². The SMILES string of the molecule is CCC(CO)Cc1nc(C)c(C)s1. The molecule has 0 aromatic carbocycles. The number of aliphatic hydroxyl groups excluding tert-OH is 1. The predicted octanol–water partition coefficient (Wildman–Crippen LogP) is 2.32. The zero-order valence-electron chi connectivity index (χ0n) is 8.50. The van der Waals surface area contributed by atoms with Crippen molar-refractivity contribution in [3.05, 3.63) is 15.6 Å². The molecule has 74 valence electrons. The van der Waals surface area contributed by atoms with E-state index in [1.54, 1.807) is 11.3 Å². The van der Waals surface area contributed by atoms with Crippen LogP contribution in [-0.4, -0.2) is 16.7 Å². The van der Waals surface area contributed by atoms with Crippen LogP contribution >= 0.6 is 11.3 Å². The Morgan fingerprint density at radius 2 is 2.15 bits per heavy atom. The van der Waals surface area contributed by atoms with Crippen LogP contribution in [-0.2, 0) is 6.42 Å². The van der Waals surface area contributed by atoms with Crippen molar-refractivity contribution < 1.29 is 5.11 Å². The minimum absolute atomic E-state index is 0.272. The van der Waals surface area contributed by atoms with Gasteiger partial charge >= 0.3 is 0 Å². The van der Waals surface area contributed by atoms with E-state index in [4.69, 9.17) is 5.11 Å². The first-order valence-electron chi connectivity index (χ1n) is 4.71. The van der Waals surface area contributed by atoms with Crippen LogP contribution in [0.4, 0.5) is 0 Å². The van der Waals surface area contributed by atoms with Crippen LogP contribution in [0.15, 0.2) is 0 Å². The molecule has 1 atom stereocenters. The summed E-state index contributed by atoms with van der Waals surface area (Å²) in [7, 11) is 0. The maximum absolute atomic E-state index is 9.04. The number of nitrogens with zero attached hydrogens (tertiary/aromatic N) is 1. The van der Waals surface area contributed by atoms with Gasteiger partial charge in [-0.2, -0.15) is 0 Å². The molecular formula is C10H17NOS. The number of thiazole rings is 1. The maximum Gasteiger partial charge on any atom is 0.0934 e. The van der Waals surface area contributed by atoms with Crippen molar-refractivity contribution in [2.24, 2.45) is 5.92 Å². The third-order valence-electron chi connectivity index (χ3n) is 2.37. The number of hydrogen-bond donors (Lipinski definition) is 1. The van der Waals surface area contributed by atoms with Crippen LogP contribution in [0.5, 0.6) is 0 Å². The van der Waals surface area contributed by atoms with E-state index in [2.05, 4.69) is 18.8 Å². The first-order valence-corrected chi connectivity index (χ1v) is 5.52. The van der Waals surface area contributed by atoms with Gasteiger partial charge in [-0.3, -0.25) is 0 Å². The molecule has 0 radical (unpaired) electrons. The monoisotopic (exact) mass is 199 g/mol. The molecule has 0 aliphatic rings. The molecule has 1 heterocycles. The van der Waals surface area contributed by atoms with Crippen molar-refractivity contribution in [1.82, 2.24) is 4.98 Å². The summed E-state index contributed by atoms with van der Waals surface area (Å²) in [6, 6.07) is 0. The highest BCUT2D eigenvalue weighted by Crippen LogP contribution is 2.20. The van der Waals surface area contributed by atoms with E-state index in [1.807, 2.05) is 6.92 Å². The van der Waals surface area contributed by atoms with Gasteiger partial charge < -0.3 is 5.11 Å². The second-order valence-electron chi connectivity index (χ2n) is 3.41. The fourth-order valence-electron chi connectivity index (χ4n) is 1.21. The Kier molecular flexibility index (Phi) is 3.88. The smallest absolute Gasteiger partial charge is 0.0934 e. The first-order chi connectivity index (χ1) is 6.17. The van der Waals surface area contributed by atoms with Crippen LogP contribution < -0.4 is 0 Å². The number of rotatable bonds is 4. The average Bonchev–Trinajstić information content (AvgIpc) is 2.42. The molecule has 0 spiro atoms. The summed E-state index contributed by atoms with van der Waals surface area (Å²) in [4.78, 5) is 5.75. The second kappa shape index (κ2) is 4.72. The molecule has 1 unspecified atom stereocenters. The molecule has 13 heavy (non-hydrogen) atoms. The van der Waals surface area contributed by atoms with Crippen molar-refractivity contribution in [3.8, 4) is 0 Å². The van der Waals surface area contributed by atoms with Crippen LogP contribution in [0.1, 0.15) is 28.9 Å². The zero-order chi connectivity index (χ0) is 9.84. The van der Waals surface area contributed by atoms with Gasteiger partial charge in [0.15, 0.2) is 0 Å². The summed E-state index contributed by atoms with van der Waals surface area (Å²) in [6.07, 6.45) is 1.94. The molecule has 1 rings (SSSR count). The Hall–Kier alpha value is -0.410. The van der Waals surface area contributed by atoms with Gasteiger partial charge in [0, 0.05) is 17.9 Å². The molecule has 2 nitrogen and oxygen atoms in total. The van der Waals surface area contributed by atoms with Crippen LogP contribution in [0.2, 0.25) is 0 Å². The third kappa shape index (κ3) is 2.78. The normalized spacial score (nSPS) is 13.2. The fourth-order valence-corrected chi connectivity index (χ4v) is 2.26. The topological polar surface area (TPSA) is 33.1 Å². The van der Waals surface area contributed by atoms with E-state index in [-0.39, 0.29) is 6.61 Å². The van der Waals surface area contributed by atoms with E-state index in [9.17, 15) is 0 Å². The van der Waals surface area contributed by atoms with E-state index in [0.29, 0.717) is 5.92 Å². The minimum Gasteiger partial charge on any atom is -0.396 e. The number of aromatic nitrogens is 1. The first kappa shape index (κ1) is 10.7.